The molecule has 0 radical (unpaired) electrons. The Bertz CT molecular complexity index is 890. The van der Waals surface area contributed by atoms with Crippen molar-refractivity contribution in [2.75, 3.05) is 6.61 Å². The molecular formula is C23H25F2NO4. The largest absolute Gasteiger partial charge is 0.447 e. The third-order valence-corrected chi connectivity index (χ3v) is 5.45. The van der Waals surface area contributed by atoms with Gasteiger partial charge in [-0.15, -0.1) is 0 Å². The highest BCUT2D eigenvalue weighted by atomic mass is 19.1. The number of aryl methyl sites for hydroxylation is 1. The van der Waals surface area contributed by atoms with Gasteiger partial charge in [-0.2, -0.15) is 0 Å². The minimum absolute atomic E-state index is 0.0843. The lowest BCUT2D eigenvalue weighted by molar-refractivity contribution is -0.137. The second-order valence-electron chi connectivity index (χ2n) is 7.49. The zero-order chi connectivity index (χ0) is 21.7. The van der Waals surface area contributed by atoms with Gasteiger partial charge in [0, 0.05) is 6.07 Å². The number of aliphatic hydroxyl groups is 1. The molecule has 1 heterocycles. The lowest BCUT2D eigenvalue weighted by Gasteiger charge is -2.27. The highest BCUT2D eigenvalue weighted by Gasteiger charge is 2.42. The van der Waals surface area contributed by atoms with Crippen LogP contribution in [0.4, 0.5) is 13.6 Å². The molecular weight excluding hydrogens is 392 g/mol. The number of cyclic esters (lactones) is 1. The molecule has 0 saturated carbocycles. The van der Waals surface area contributed by atoms with E-state index in [9.17, 15) is 23.5 Å². The maximum Gasteiger partial charge on any atom is 0.416 e. The standard InChI is InChI=1S/C23H25F2NO4/c1-2-21(27)19(11-9-16-8-10-17(24)13-20(16)25)22(28)26-18(14-30-23(26)29)12-15-6-4-3-5-7-15/h3-8,10,13,18-19,21,27H,2,9,11-12,14H2,1H3/t18-,19+,21+/m1/s1. The molecule has 160 valence electrons. The van der Waals surface area contributed by atoms with Gasteiger partial charge in [-0.3, -0.25) is 4.79 Å². The topological polar surface area (TPSA) is 66.8 Å². The van der Waals surface area contributed by atoms with Gasteiger partial charge in [0.15, 0.2) is 0 Å². The van der Waals surface area contributed by atoms with Gasteiger partial charge < -0.3 is 9.84 Å². The SMILES string of the molecule is CC[C@H](O)[C@H](CCc1ccc(F)cc1F)C(=O)N1C(=O)OC[C@H]1Cc1ccccc1. The summed E-state index contributed by atoms with van der Waals surface area (Å²) in [6.45, 7) is 1.81. The molecule has 3 atom stereocenters. The van der Waals surface area contributed by atoms with Crippen LogP contribution in [0.25, 0.3) is 0 Å². The zero-order valence-corrected chi connectivity index (χ0v) is 16.8. The van der Waals surface area contributed by atoms with Gasteiger partial charge in [0.2, 0.25) is 5.91 Å². The first-order valence-corrected chi connectivity index (χ1v) is 10.1. The van der Waals surface area contributed by atoms with Crippen molar-refractivity contribution in [3.05, 3.63) is 71.3 Å². The van der Waals surface area contributed by atoms with E-state index in [1.807, 2.05) is 30.3 Å². The molecule has 1 saturated heterocycles. The number of ether oxygens (including phenoxy) is 1. The maximum absolute atomic E-state index is 14.0. The number of amides is 2. The first-order valence-electron chi connectivity index (χ1n) is 10.1. The highest BCUT2D eigenvalue weighted by molar-refractivity contribution is 5.95. The smallest absolute Gasteiger partial charge is 0.416 e. The molecule has 1 aliphatic rings. The molecule has 1 N–H and O–H groups in total. The number of rotatable bonds is 8. The molecule has 0 unspecified atom stereocenters. The fourth-order valence-electron chi connectivity index (χ4n) is 3.75. The van der Waals surface area contributed by atoms with E-state index in [1.54, 1.807) is 6.92 Å². The maximum atomic E-state index is 14.0. The summed E-state index contributed by atoms with van der Waals surface area (Å²) in [5, 5.41) is 10.4. The van der Waals surface area contributed by atoms with E-state index in [0.29, 0.717) is 12.8 Å². The molecule has 0 aliphatic carbocycles. The number of aliphatic hydroxyl groups excluding tert-OH is 1. The van der Waals surface area contributed by atoms with Crippen LogP contribution in [0.15, 0.2) is 48.5 Å². The molecule has 2 amide bonds. The minimum atomic E-state index is -0.994. The Hall–Kier alpha value is -2.80. The van der Waals surface area contributed by atoms with Crippen molar-refractivity contribution in [2.24, 2.45) is 5.92 Å². The van der Waals surface area contributed by atoms with E-state index < -0.39 is 41.7 Å². The normalized spacial score (nSPS) is 18.2. The van der Waals surface area contributed by atoms with E-state index in [-0.39, 0.29) is 25.0 Å². The van der Waals surface area contributed by atoms with Gasteiger partial charge in [0.1, 0.15) is 18.2 Å². The Morgan fingerprint density at radius 1 is 1.23 bits per heavy atom. The summed E-state index contributed by atoms with van der Waals surface area (Å²) >= 11 is 0. The van der Waals surface area contributed by atoms with Crippen LogP contribution in [-0.2, 0) is 22.4 Å². The van der Waals surface area contributed by atoms with E-state index in [4.69, 9.17) is 4.74 Å². The summed E-state index contributed by atoms with van der Waals surface area (Å²) in [6, 6.07) is 12.2. The van der Waals surface area contributed by atoms with Crippen molar-refractivity contribution >= 4 is 12.0 Å². The van der Waals surface area contributed by atoms with Gasteiger partial charge in [-0.1, -0.05) is 43.3 Å². The second-order valence-corrected chi connectivity index (χ2v) is 7.49. The van der Waals surface area contributed by atoms with Gasteiger partial charge in [-0.25, -0.2) is 18.5 Å². The summed E-state index contributed by atoms with van der Waals surface area (Å²) in [4.78, 5) is 26.6. The van der Waals surface area contributed by atoms with E-state index >= 15 is 0 Å². The third-order valence-electron chi connectivity index (χ3n) is 5.45. The molecule has 30 heavy (non-hydrogen) atoms. The Balaban J connectivity index is 1.76. The van der Waals surface area contributed by atoms with Crippen LogP contribution < -0.4 is 0 Å². The average molecular weight is 417 g/mol. The van der Waals surface area contributed by atoms with Gasteiger partial charge >= 0.3 is 6.09 Å². The summed E-state index contributed by atoms with van der Waals surface area (Å²) in [6.07, 6.45) is -0.729. The van der Waals surface area contributed by atoms with Crippen LogP contribution >= 0.6 is 0 Å². The first-order chi connectivity index (χ1) is 14.4. The average Bonchev–Trinajstić information content (AvgIpc) is 3.09. The molecule has 1 aliphatic heterocycles. The summed E-state index contributed by atoms with van der Waals surface area (Å²) in [7, 11) is 0. The lowest BCUT2D eigenvalue weighted by atomic mass is 9.90. The summed E-state index contributed by atoms with van der Waals surface area (Å²) < 4.78 is 32.2. The Morgan fingerprint density at radius 3 is 2.63 bits per heavy atom. The quantitative estimate of drug-likeness (QED) is 0.708. The number of imide groups is 1. The van der Waals surface area contributed by atoms with Crippen LogP contribution in [0.5, 0.6) is 0 Å². The molecule has 1 fully saturated rings. The third kappa shape index (κ3) is 5.02. The number of carbonyl (C=O) groups is 2. The van der Waals surface area contributed by atoms with Crippen molar-refractivity contribution in [3.63, 3.8) is 0 Å². The van der Waals surface area contributed by atoms with Crippen molar-refractivity contribution < 1.29 is 28.2 Å². The van der Waals surface area contributed by atoms with Gasteiger partial charge in [0.05, 0.1) is 18.1 Å². The van der Waals surface area contributed by atoms with E-state index in [2.05, 4.69) is 0 Å². The molecule has 5 nitrogen and oxygen atoms in total. The highest BCUT2D eigenvalue weighted by Crippen LogP contribution is 2.25. The molecule has 0 aromatic heterocycles. The van der Waals surface area contributed by atoms with Crippen molar-refractivity contribution in [1.82, 2.24) is 4.90 Å². The molecule has 2 aromatic carbocycles. The van der Waals surface area contributed by atoms with Crippen LogP contribution in [-0.4, -0.2) is 40.8 Å². The van der Waals surface area contributed by atoms with E-state index in [0.717, 1.165) is 22.6 Å². The Labute approximate surface area is 174 Å². The van der Waals surface area contributed by atoms with Crippen molar-refractivity contribution in [1.29, 1.82) is 0 Å². The molecule has 0 spiro atoms. The van der Waals surface area contributed by atoms with Gasteiger partial charge in [-0.05, 0) is 42.9 Å². The zero-order valence-electron chi connectivity index (χ0n) is 16.8. The Kier molecular flexibility index (Phi) is 7.15. The van der Waals surface area contributed by atoms with Crippen LogP contribution in [0.1, 0.15) is 30.9 Å². The number of nitrogens with zero attached hydrogens (tertiary/aromatic N) is 1. The molecule has 3 rings (SSSR count). The van der Waals surface area contributed by atoms with Crippen LogP contribution in [0, 0.1) is 17.6 Å². The minimum Gasteiger partial charge on any atom is -0.447 e. The van der Waals surface area contributed by atoms with Gasteiger partial charge in [0.25, 0.3) is 0 Å². The number of benzene rings is 2. The van der Waals surface area contributed by atoms with Crippen LogP contribution in [0.3, 0.4) is 0 Å². The fraction of sp³-hybridized carbons (Fsp3) is 0.391. The number of halogens is 2. The number of carbonyl (C=O) groups excluding carboxylic acids is 2. The predicted octanol–water partition coefficient (Wildman–Crippen LogP) is 3.87. The Morgan fingerprint density at radius 2 is 1.97 bits per heavy atom. The second kappa shape index (κ2) is 9.80. The summed E-state index contributed by atoms with van der Waals surface area (Å²) in [5.41, 5.74) is 1.21. The first kappa shape index (κ1) is 21.9. The monoisotopic (exact) mass is 417 g/mol. The molecule has 7 heteroatoms. The van der Waals surface area contributed by atoms with Crippen molar-refractivity contribution in [2.45, 2.75) is 44.8 Å². The van der Waals surface area contributed by atoms with E-state index in [1.165, 1.54) is 6.07 Å². The number of hydrogen-bond donors (Lipinski definition) is 1. The molecule has 0 bridgehead atoms. The van der Waals surface area contributed by atoms with Crippen LogP contribution in [0.2, 0.25) is 0 Å². The fourth-order valence-corrected chi connectivity index (χ4v) is 3.75. The predicted molar refractivity (Wildman–Crippen MR) is 107 cm³/mol. The van der Waals surface area contributed by atoms with Crippen molar-refractivity contribution in [3.8, 4) is 0 Å². The molecule has 2 aromatic rings. The lowest BCUT2D eigenvalue weighted by Crippen LogP contribution is -2.46. The number of hydrogen-bond acceptors (Lipinski definition) is 4. The summed E-state index contributed by atoms with van der Waals surface area (Å²) in [5.74, 6) is -2.81.